The molecule has 0 radical (unpaired) electrons. The lowest BCUT2D eigenvalue weighted by atomic mass is 9.97. The summed E-state index contributed by atoms with van der Waals surface area (Å²) < 4.78 is 12.1. The van der Waals surface area contributed by atoms with Crippen molar-refractivity contribution >= 4 is 0 Å². The molecule has 4 atom stereocenters. The van der Waals surface area contributed by atoms with Gasteiger partial charge in [0.1, 0.15) is 6.23 Å². The molecule has 122 valence electrons. The lowest BCUT2D eigenvalue weighted by Gasteiger charge is -2.43. The van der Waals surface area contributed by atoms with Crippen LogP contribution in [0.15, 0.2) is 43.0 Å². The molecular weight excluding hydrogens is 276 g/mol. The monoisotopic (exact) mass is 304 g/mol. The molecular formula is C18H28N2O2. The van der Waals surface area contributed by atoms with Crippen molar-refractivity contribution < 1.29 is 9.47 Å². The fraction of sp³-hybridized carbons (Fsp3) is 0.556. The second kappa shape index (κ2) is 8.44. The van der Waals surface area contributed by atoms with Crippen LogP contribution in [0.25, 0.3) is 0 Å². The predicted octanol–water partition coefficient (Wildman–Crippen LogP) is 2.41. The van der Waals surface area contributed by atoms with Crippen molar-refractivity contribution in [3.05, 3.63) is 48.6 Å². The van der Waals surface area contributed by atoms with Gasteiger partial charge in [0.15, 0.2) is 0 Å². The molecule has 1 aliphatic rings. The van der Waals surface area contributed by atoms with Gasteiger partial charge in [-0.05, 0) is 26.6 Å². The van der Waals surface area contributed by atoms with Crippen LogP contribution in [-0.4, -0.2) is 50.1 Å². The van der Waals surface area contributed by atoms with E-state index in [1.54, 1.807) is 6.08 Å². The molecule has 0 saturated carbocycles. The Balaban J connectivity index is 1.94. The summed E-state index contributed by atoms with van der Waals surface area (Å²) in [6.45, 7) is 7.24. The first-order chi connectivity index (χ1) is 10.6. The SMILES string of the molecule is C=CCO[C@@H]1C[C@H](NCc2ccccc2)O[C@H](C)[C@H]1N(C)C. The van der Waals surface area contributed by atoms with Gasteiger partial charge in [-0.2, -0.15) is 0 Å². The van der Waals surface area contributed by atoms with E-state index in [2.05, 4.69) is 62.1 Å². The van der Waals surface area contributed by atoms with Crippen LogP contribution in [0.1, 0.15) is 18.9 Å². The highest BCUT2D eigenvalue weighted by Gasteiger charge is 2.38. The predicted molar refractivity (Wildman–Crippen MR) is 89.6 cm³/mol. The minimum absolute atomic E-state index is 0.0150. The second-order valence-corrected chi connectivity index (χ2v) is 6.05. The Kier molecular flexibility index (Phi) is 6.58. The molecule has 4 nitrogen and oxygen atoms in total. The van der Waals surface area contributed by atoms with Crippen molar-refractivity contribution in [1.29, 1.82) is 0 Å². The minimum Gasteiger partial charge on any atom is -0.372 e. The van der Waals surface area contributed by atoms with E-state index in [0.717, 1.165) is 13.0 Å². The zero-order valence-electron chi connectivity index (χ0n) is 13.9. The van der Waals surface area contributed by atoms with Crippen molar-refractivity contribution in [3.8, 4) is 0 Å². The minimum atomic E-state index is 0.0150. The molecule has 1 aliphatic heterocycles. The van der Waals surface area contributed by atoms with E-state index in [1.165, 1.54) is 5.56 Å². The molecule has 1 fully saturated rings. The van der Waals surface area contributed by atoms with E-state index in [9.17, 15) is 0 Å². The summed E-state index contributed by atoms with van der Waals surface area (Å²) in [5, 5.41) is 3.49. The Morgan fingerprint density at radius 1 is 1.36 bits per heavy atom. The van der Waals surface area contributed by atoms with Crippen molar-refractivity contribution in [2.24, 2.45) is 0 Å². The van der Waals surface area contributed by atoms with Crippen LogP contribution in [0.2, 0.25) is 0 Å². The largest absolute Gasteiger partial charge is 0.372 e. The maximum absolute atomic E-state index is 6.13. The van der Waals surface area contributed by atoms with Gasteiger partial charge < -0.3 is 14.4 Å². The fourth-order valence-corrected chi connectivity index (χ4v) is 3.12. The molecule has 1 N–H and O–H groups in total. The van der Waals surface area contributed by atoms with E-state index >= 15 is 0 Å². The van der Waals surface area contributed by atoms with E-state index in [-0.39, 0.29) is 24.5 Å². The molecule has 1 heterocycles. The summed E-state index contributed by atoms with van der Waals surface area (Å²) in [6, 6.07) is 10.6. The molecule has 0 aromatic heterocycles. The number of nitrogens with zero attached hydrogens (tertiary/aromatic N) is 1. The maximum Gasteiger partial charge on any atom is 0.111 e. The summed E-state index contributed by atoms with van der Waals surface area (Å²) in [5.74, 6) is 0. The summed E-state index contributed by atoms with van der Waals surface area (Å²) in [7, 11) is 4.15. The molecule has 0 unspecified atom stereocenters. The van der Waals surface area contributed by atoms with Crippen LogP contribution in [-0.2, 0) is 16.0 Å². The van der Waals surface area contributed by atoms with Crippen LogP contribution in [0.4, 0.5) is 0 Å². The zero-order valence-corrected chi connectivity index (χ0v) is 13.9. The van der Waals surface area contributed by atoms with E-state index in [1.807, 2.05) is 6.07 Å². The second-order valence-electron chi connectivity index (χ2n) is 6.05. The van der Waals surface area contributed by atoms with E-state index in [4.69, 9.17) is 9.47 Å². The normalized spacial score (nSPS) is 28.7. The van der Waals surface area contributed by atoms with Crippen LogP contribution in [0.3, 0.4) is 0 Å². The summed E-state index contributed by atoms with van der Waals surface area (Å²) in [5.41, 5.74) is 1.26. The van der Waals surface area contributed by atoms with E-state index in [0.29, 0.717) is 6.61 Å². The van der Waals surface area contributed by atoms with Gasteiger partial charge in [0.25, 0.3) is 0 Å². The summed E-state index contributed by atoms with van der Waals surface area (Å²) >= 11 is 0. The lowest BCUT2D eigenvalue weighted by molar-refractivity contribution is -0.156. The Morgan fingerprint density at radius 2 is 2.09 bits per heavy atom. The topological polar surface area (TPSA) is 33.7 Å². The third-order valence-electron chi connectivity index (χ3n) is 4.09. The van der Waals surface area contributed by atoms with Crippen molar-refractivity contribution in [2.75, 3.05) is 20.7 Å². The quantitative estimate of drug-likeness (QED) is 0.784. The highest BCUT2D eigenvalue weighted by Crippen LogP contribution is 2.24. The van der Waals surface area contributed by atoms with Crippen molar-refractivity contribution in [3.63, 3.8) is 0 Å². The van der Waals surface area contributed by atoms with Crippen LogP contribution >= 0.6 is 0 Å². The Bertz CT molecular complexity index is 450. The smallest absolute Gasteiger partial charge is 0.111 e. The highest BCUT2D eigenvalue weighted by molar-refractivity contribution is 5.14. The third-order valence-corrected chi connectivity index (χ3v) is 4.09. The number of rotatable bonds is 7. The first-order valence-electron chi connectivity index (χ1n) is 7.93. The molecule has 0 amide bonds. The summed E-state index contributed by atoms with van der Waals surface area (Å²) in [6.07, 6.45) is 2.92. The van der Waals surface area contributed by atoms with Gasteiger partial charge >= 0.3 is 0 Å². The van der Waals surface area contributed by atoms with E-state index < -0.39 is 0 Å². The molecule has 22 heavy (non-hydrogen) atoms. The molecule has 0 aliphatic carbocycles. The van der Waals surface area contributed by atoms with Crippen LogP contribution in [0, 0.1) is 0 Å². The number of nitrogens with one attached hydrogen (secondary N) is 1. The summed E-state index contributed by atoms with van der Waals surface area (Å²) in [4.78, 5) is 2.19. The fourth-order valence-electron chi connectivity index (χ4n) is 3.12. The zero-order chi connectivity index (χ0) is 15.9. The molecule has 2 rings (SSSR count). The van der Waals surface area contributed by atoms with Crippen molar-refractivity contribution in [2.45, 2.75) is 44.4 Å². The number of ether oxygens (including phenoxy) is 2. The van der Waals surface area contributed by atoms with Gasteiger partial charge in [-0.25, -0.2) is 0 Å². The average Bonchev–Trinajstić information content (AvgIpc) is 2.51. The maximum atomic E-state index is 6.13. The number of hydrogen-bond acceptors (Lipinski definition) is 4. The van der Waals surface area contributed by atoms with Gasteiger partial charge in [0.2, 0.25) is 0 Å². The Morgan fingerprint density at radius 3 is 2.73 bits per heavy atom. The highest BCUT2D eigenvalue weighted by atomic mass is 16.5. The Labute approximate surface area is 134 Å². The average molecular weight is 304 g/mol. The van der Waals surface area contributed by atoms with Crippen LogP contribution < -0.4 is 5.32 Å². The number of hydrogen-bond donors (Lipinski definition) is 1. The van der Waals surface area contributed by atoms with Gasteiger partial charge in [-0.1, -0.05) is 36.4 Å². The standard InChI is InChI=1S/C18H28N2O2/c1-5-11-21-16-12-17(22-14(2)18(16)20(3)4)19-13-15-9-7-6-8-10-15/h5-10,14,16-19H,1,11-13H2,2-4H3/t14-,16-,17-,18-/m1/s1. The number of benzene rings is 1. The van der Waals surface area contributed by atoms with Gasteiger partial charge in [-0.3, -0.25) is 5.32 Å². The molecule has 4 heteroatoms. The first kappa shape index (κ1) is 17.2. The first-order valence-corrected chi connectivity index (χ1v) is 7.93. The molecule has 1 aromatic rings. The lowest BCUT2D eigenvalue weighted by Crippen LogP contribution is -2.57. The molecule has 0 spiro atoms. The number of likely N-dealkylation sites (N-methyl/N-ethyl adjacent to an activating group) is 1. The van der Waals surface area contributed by atoms with Crippen LogP contribution in [0.5, 0.6) is 0 Å². The Hall–Kier alpha value is -1.20. The van der Waals surface area contributed by atoms with Gasteiger partial charge in [-0.15, -0.1) is 6.58 Å². The molecule has 0 bridgehead atoms. The van der Waals surface area contributed by atoms with Gasteiger partial charge in [0, 0.05) is 13.0 Å². The van der Waals surface area contributed by atoms with Crippen molar-refractivity contribution in [1.82, 2.24) is 10.2 Å². The molecule has 1 aromatic carbocycles. The molecule has 1 saturated heterocycles. The van der Waals surface area contributed by atoms with Gasteiger partial charge in [0.05, 0.1) is 24.9 Å². The third kappa shape index (κ3) is 4.65.